The summed E-state index contributed by atoms with van der Waals surface area (Å²) in [6.07, 6.45) is -6.12. The quantitative estimate of drug-likeness (QED) is 0.308. The third-order valence-electron chi connectivity index (χ3n) is 2.30. The first-order valence-electron chi connectivity index (χ1n) is 3.93. The summed E-state index contributed by atoms with van der Waals surface area (Å²) in [5, 5.41) is 45.6. The first kappa shape index (κ1) is 10.8. The molecule has 0 unspecified atom stereocenters. The van der Waals surface area contributed by atoms with E-state index in [1.807, 2.05) is 0 Å². The van der Waals surface area contributed by atoms with E-state index in [2.05, 4.69) is 0 Å². The van der Waals surface area contributed by atoms with Gasteiger partial charge in [0.15, 0.2) is 6.29 Å². The van der Waals surface area contributed by atoms with E-state index in [1.165, 1.54) is 6.92 Å². The second-order valence-electron chi connectivity index (χ2n) is 3.41. The van der Waals surface area contributed by atoms with Crippen LogP contribution >= 0.6 is 0 Å². The van der Waals surface area contributed by atoms with E-state index in [9.17, 15) is 10.2 Å². The molecule has 0 aromatic carbocycles. The topological polar surface area (TPSA) is 110 Å². The van der Waals surface area contributed by atoms with Gasteiger partial charge in [0, 0.05) is 0 Å². The van der Waals surface area contributed by atoms with E-state index >= 15 is 0 Å². The van der Waals surface area contributed by atoms with Crippen molar-refractivity contribution in [2.75, 3.05) is 6.61 Å². The summed E-state index contributed by atoms with van der Waals surface area (Å²) in [5.74, 6) is 0. The third kappa shape index (κ3) is 1.69. The molecule has 0 aromatic heterocycles. The van der Waals surface area contributed by atoms with Crippen LogP contribution in [0.1, 0.15) is 6.92 Å². The highest BCUT2D eigenvalue weighted by molar-refractivity contribution is 4.96. The van der Waals surface area contributed by atoms with Gasteiger partial charge in [-0.1, -0.05) is 0 Å². The molecular weight excluding hydrogens is 180 g/mol. The summed E-state index contributed by atoms with van der Waals surface area (Å²) in [6.45, 7) is 0.769. The normalized spacial score (nSPS) is 52.2. The summed E-state index contributed by atoms with van der Waals surface area (Å²) < 4.78 is 4.76. The standard InChI is InChI=1S/C7H14O6/c1-7(2-8)5(11)3(9)4(10)6(12)13-7/h3-6,8-12H,2H2,1H3/t3-,4-,5-,6+,7-/m1/s1. The number of ether oxygens (including phenoxy) is 1. The van der Waals surface area contributed by atoms with Crippen LogP contribution in [-0.2, 0) is 4.74 Å². The van der Waals surface area contributed by atoms with Crippen molar-refractivity contribution in [3.8, 4) is 0 Å². The van der Waals surface area contributed by atoms with Gasteiger partial charge in [0.25, 0.3) is 0 Å². The summed E-state index contributed by atoms with van der Waals surface area (Å²) >= 11 is 0. The Morgan fingerprint density at radius 2 is 1.69 bits per heavy atom. The highest BCUT2D eigenvalue weighted by Crippen LogP contribution is 2.28. The van der Waals surface area contributed by atoms with Crippen LogP contribution in [-0.4, -0.2) is 62.3 Å². The van der Waals surface area contributed by atoms with Crippen molar-refractivity contribution in [1.82, 2.24) is 0 Å². The summed E-state index contributed by atoms with van der Waals surface area (Å²) in [4.78, 5) is 0. The number of hydrogen-bond donors (Lipinski definition) is 5. The number of aliphatic hydroxyl groups is 5. The molecular formula is C7H14O6. The molecule has 1 fully saturated rings. The molecule has 1 saturated heterocycles. The van der Waals surface area contributed by atoms with Crippen molar-refractivity contribution >= 4 is 0 Å². The molecule has 0 radical (unpaired) electrons. The first-order chi connectivity index (χ1) is 5.92. The molecule has 78 valence electrons. The fourth-order valence-electron chi connectivity index (χ4n) is 1.26. The van der Waals surface area contributed by atoms with E-state index in [0.717, 1.165) is 0 Å². The molecule has 5 N–H and O–H groups in total. The second kappa shape index (κ2) is 3.49. The zero-order valence-electron chi connectivity index (χ0n) is 7.16. The lowest BCUT2D eigenvalue weighted by Gasteiger charge is -2.44. The van der Waals surface area contributed by atoms with Crippen LogP contribution in [0.2, 0.25) is 0 Å². The fraction of sp³-hybridized carbons (Fsp3) is 1.00. The molecule has 0 spiro atoms. The van der Waals surface area contributed by atoms with E-state index in [-0.39, 0.29) is 0 Å². The fourth-order valence-corrected chi connectivity index (χ4v) is 1.26. The maximum Gasteiger partial charge on any atom is 0.184 e. The minimum absolute atomic E-state index is 0.561. The Hall–Kier alpha value is -0.240. The first-order valence-corrected chi connectivity index (χ1v) is 3.93. The molecule has 6 nitrogen and oxygen atoms in total. The van der Waals surface area contributed by atoms with Crippen molar-refractivity contribution in [3.05, 3.63) is 0 Å². The summed E-state index contributed by atoms with van der Waals surface area (Å²) in [7, 11) is 0. The van der Waals surface area contributed by atoms with Crippen LogP contribution < -0.4 is 0 Å². The second-order valence-corrected chi connectivity index (χ2v) is 3.41. The minimum Gasteiger partial charge on any atom is -0.393 e. The highest BCUT2D eigenvalue weighted by Gasteiger charge is 2.50. The lowest BCUT2D eigenvalue weighted by Crippen LogP contribution is -2.64. The molecule has 6 heteroatoms. The average molecular weight is 194 g/mol. The lowest BCUT2D eigenvalue weighted by molar-refractivity contribution is -0.321. The van der Waals surface area contributed by atoms with Crippen molar-refractivity contribution in [3.63, 3.8) is 0 Å². The molecule has 1 rings (SSSR count). The Morgan fingerprint density at radius 1 is 1.15 bits per heavy atom. The van der Waals surface area contributed by atoms with Crippen LogP contribution in [0.4, 0.5) is 0 Å². The Labute approximate surface area is 75.0 Å². The van der Waals surface area contributed by atoms with Crippen LogP contribution in [0.3, 0.4) is 0 Å². The van der Waals surface area contributed by atoms with Gasteiger partial charge < -0.3 is 30.3 Å². The third-order valence-corrected chi connectivity index (χ3v) is 2.30. The SMILES string of the molecule is C[C@]1(CO)O[C@H](O)[C@H](O)[C@@H](O)[C@H]1O. The van der Waals surface area contributed by atoms with Gasteiger partial charge in [-0.2, -0.15) is 0 Å². The molecule has 0 aromatic rings. The largest absolute Gasteiger partial charge is 0.393 e. The lowest BCUT2D eigenvalue weighted by atomic mass is 9.89. The van der Waals surface area contributed by atoms with Gasteiger partial charge in [0.05, 0.1) is 6.61 Å². The van der Waals surface area contributed by atoms with Crippen LogP contribution in [0, 0.1) is 0 Å². The molecule has 5 atom stereocenters. The summed E-state index contributed by atoms with van der Waals surface area (Å²) in [6, 6.07) is 0. The van der Waals surface area contributed by atoms with Gasteiger partial charge in [-0.05, 0) is 6.92 Å². The van der Waals surface area contributed by atoms with E-state index in [1.54, 1.807) is 0 Å². The molecule has 0 aliphatic carbocycles. The van der Waals surface area contributed by atoms with Crippen LogP contribution in [0.15, 0.2) is 0 Å². The van der Waals surface area contributed by atoms with Gasteiger partial charge in [-0.3, -0.25) is 0 Å². The van der Waals surface area contributed by atoms with Gasteiger partial charge >= 0.3 is 0 Å². The van der Waals surface area contributed by atoms with Crippen LogP contribution in [0.5, 0.6) is 0 Å². The maximum absolute atomic E-state index is 9.38. The molecule has 1 aliphatic heterocycles. The predicted octanol–water partition coefficient (Wildman–Crippen LogP) is -2.83. The van der Waals surface area contributed by atoms with Crippen molar-refractivity contribution in [2.45, 2.75) is 37.1 Å². The number of hydrogen-bond acceptors (Lipinski definition) is 6. The smallest absolute Gasteiger partial charge is 0.184 e. The van der Waals surface area contributed by atoms with E-state index in [0.29, 0.717) is 0 Å². The van der Waals surface area contributed by atoms with E-state index in [4.69, 9.17) is 20.1 Å². The van der Waals surface area contributed by atoms with Crippen LogP contribution in [0.25, 0.3) is 0 Å². The van der Waals surface area contributed by atoms with Crippen molar-refractivity contribution < 1.29 is 30.3 Å². The number of rotatable bonds is 1. The Kier molecular flexibility index (Phi) is 2.91. The molecule has 0 bridgehead atoms. The highest BCUT2D eigenvalue weighted by atomic mass is 16.6. The Morgan fingerprint density at radius 3 is 2.15 bits per heavy atom. The van der Waals surface area contributed by atoms with Gasteiger partial charge in [-0.15, -0.1) is 0 Å². The number of aliphatic hydroxyl groups excluding tert-OH is 5. The average Bonchev–Trinajstić information content (AvgIpc) is 2.12. The molecule has 0 amide bonds. The Balaban J connectivity index is 2.82. The van der Waals surface area contributed by atoms with Crippen molar-refractivity contribution in [1.29, 1.82) is 0 Å². The van der Waals surface area contributed by atoms with Gasteiger partial charge in [-0.25, -0.2) is 0 Å². The molecule has 1 heterocycles. The predicted molar refractivity (Wildman–Crippen MR) is 40.6 cm³/mol. The maximum atomic E-state index is 9.38. The summed E-state index contributed by atoms with van der Waals surface area (Å²) in [5.41, 5.74) is -1.45. The minimum atomic E-state index is -1.60. The van der Waals surface area contributed by atoms with Gasteiger partial charge in [0.2, 0.25) is 0 Å². The monoisotopic (exact) mass is 194 g/mol. The van der Waals surface area contributed by atoms with Crippen molar-refractivity contribution in [2.24, 2.45) is 0 Å². The van der Waals surface area contributed by atoms with Gasteiger partial charge in [0.1, 0.15) is 23.9 Å². The molecule has 0 saturated carbocycles. The zero-order chi connectivity index (χ0) is 10.2. The zero-order valence-corrected chi connectivity index (χ0v) is 7.16. The molecule has 13 heavy (non-hydrogen) atoms. The molecule has 1 aliphatic rings. The van der Waals surface area contributed by atoms with E-state index < -0.39 is 36.8 Å². The Bertz CT molecular complexity index is 186.